The molecule has 1 saturated heterocycles. The minimum absolute atomic E-state index is 0.406. The first-order valence-corrected chi connectivity index (χ1v) is 15.4. The molecule has 3 aromatic rings. The standard InChI is InChI=1S/C29H23F3N2O8S2/c30-29(31,32)44(38,39)42-21-17-43-27-23(33-22(35)16-40-20-14-8-3-9-15-20)26(36)34(27)24(21)28(37)41-25(18-10-4-1-5-11-18)19-12-6-2-7-13-19/h1-15,23,25,27H,16-17H2,(H,33,35). The van der Waals surface area contributed by atoms with Gasteiger partial charge in [-0.05, 0) is 23.3 Å². The van der Waals surface area contributed by atoms with Crippen molar-refractivity contribution in [2.75, 3.05) is 12.4 Å². The van der Waals surface area contributed by atoms with Crippen LogP contribution in [0.5, 0.6) is 5.75 Å². The van der Waals surface area contributed by atoms with E-state index in [4.69, 9.17) is 9.47 Å². The summed E-state index contributed by atoms with van der Waals surface area (Å²) >= 11 is 0.801. The molecule has 1 fully saturated rings. The molecule has 2 atom stereocenters. The molecule has 1 N–H and O–H groups in total. The van der Waals surface area contributed by atoms with Gasteiger partial charge < -0.3 is 19.0 Å². The molecule has 44 heavy (non-hydrogen) atoms. The highest BCUT2D eigenvalue weighted by atomic mass is 32.2. The number of para-hydroxylation sites is 1. The van der Waals surface area contributed by atoms with Gasteiger partial charge in [-0.3, -0.25) is 14.5 Å². The molecule has 2 amide bonds. The van der Waals surface area contributed by atoms with E-state index in [2.05, 4.69) is 9.50 Å². The number of hydrogen-bond acceptors (Lipinski definition) is 9. The molecule has 0 bridgehead atoms. The number of ether oxygens (including phenoxy) is 2. The zero-order chi connectivity index (χ0) is 31.5. The lowest BCUT2D eigenvalue weighted by Gasteiger charge is -2.49. The Morgan fingerprint density at radius 3 is 2.02 bits per heavy atom. The zero-order valence-corrected chi connectivity index (χ0v) is 24.1. The molecule has 2 aliphatic rings. The summed E-state index contributed by atoms with van der Waals surface area (Å²) in [4.78, 5) is 40.2. The molecule has 2 unspecified atom stereocenters. The van der Waals surface area contributed by atoms with Crippen molar-refractivity contribution in [2.24, 2.45) is 0 Å². The smallest absolute Gasteiger partial charge is 0.484 e. The first-order chi connectivity index (χ1) is 21.0. The molecule has 0 saturated carbocycles. The van der Waals surface area contributed by atoms with Crippen molar-refractivity contribution in [1.82, 2.24) is 10.2 Å². The lowest BCUT2D eigenvalue weighted by atomic mass is 10.0. The molecule has 2 aliphatic heterocycles. The topological polar surface area (TPSA) is 128 Å². The van der Waals surface area contributed by atoms with Gasteiger partial charge in [0.25, 0.3) is 11.8 Å². The van der Waals surface area contributed by atoms with E-state index in [1.54, 1.807) is 91.0 Å². The van der Waals surface area contributed by atoms with E-state index in [-0.39, 0.29) is 0 Å². The average molecular weight is 649 g/mol. The highest BCUT2D eigenvalue weighted by Crippen LogP contribution is 2.43. The highest BCUT2D eigenvalue weighted by molar-refractivity contribution is 8.00. The van der Waals surface area contributed by atoms with E-state index in [1.807, 2.05) is 0 Å². The number of halogens is 3. The third-order valence-electron chi connectivity index (χ3n) is 6.48. The van der Waals surface area contributed by atoms with Gasteiger partial charge in [0.2, 0.25) is 0 Å². The average Bonchev–Trinajstić information content (AvgIpc) is 3.01. The predicted octanol–water partition coefficient (Wildman–Crippen LogP) is 3.88. The van der Waals surface area contributed by atoms with Crippen LogP contribution < -0.4 is 10.1 Å². The highest BCUT2D eigenvalue weighted by Gasteiger charge is 2.57. The summed E-state index contributed by atoms with van der Waals surface area (Å²) in [5, 5.41) is 1.51. The molecule has 0 aromatic heterocycles. The van der Waals surface area contributed by atoms with Gasteiger partial charge in [0.1, 0.15) is 17.2 Å². The number of nitrogens with zero attached hydrogens (tertiary/aromatic N) is 1. The number of alkyl halides is 3. The van der Waals surface area contributed by atoms with Crippen molar-refractivity contribution in [3.63, 3.8) is 0 Å². The Morgan fingerprint density at radius 1 is 0.932 bits per heavy atom. The normalized spacial score (nSPS) is 18.3. The fourth-order valence-electron chi connectivity index (χ4n) is 4.45. The molecule has 230 valence electrons. The number of amides is 2. The first-order valence-electron chi connectivity index (χ1n) is 12.9. The second kappa shape index (κ2) is 12.6. The summed E-state index contributed by atoms with van der Waals surface area (Å²) in [5.41, 5.74) is -5.62. The maximum absolute atomic E-state index is 13.7. The number of β-lactam (4-membered cyclic amide) rings is 1. The van der Waals surface area contributed by atoms with E-state index in [1.165, 1.54) is 0 Å². The Balaban J connectivity index is 1.42. The monoisotopic (exact) mass is 648 g/mol. The number of thioether (sulfide) groups is 1. The van der Waals surface area contributed by atoms with Crippen LogP contribution in [0.3, 0.4) is 0 Å². The van der Waals surface area contributed by atoms with Crippen LogP contribution in [0.25, 0.3) is 0 Å². The molecule has 5 rings (SSSR count). The van der Waals surface area contributed by atoms with Crippen molar-refractivity contribution in [3.05, 3.63) is 114 Å². The number of esters is 1. The summed E-state index contributed by atoms with van der Waals surface area (Å²) in [6.07, 6.45) is -1.08. The summed E-state index contributed by atoms with van der Waals surface area (Å²) in [6, 6.07) is 24.0. The van der Waals surface area contributed by atoms with Crippen LogP contribution in [0.4, 0.5) is 13.2 Å². The lowest BCUT2D eigenvalue weighted by molar-refractivity contribution is -0.155. The summed E-state index contributed by atoms with van der Waals surface area (Å²) < 4.78 is 79.0. The molecule has 10 nitrogen and oxygen atoms in total. The van der Waals surface area contributed by atoms with E-state index >= 15 is 0 Å². The Kier molecular flexibility index (Phi) is 8.87. The van der Waals surface area contributed by atoms with Gasteiger partial charge in [0, 0.05) is 0 Å². The number of nitrogens with one attached hydrogen (secondary N) is 1. The van der Waals surface area contributed by atoms with Gasteiger partial charge in [-0.2, -0.15) is 21.6 Å². The molecule has 0 spiro atoms. The molecule has 0 radical (unpaired) electrons. The molecular formula is C29H23F3N2O8S2. The van der Waals surface area contributed by atoms with Crippen LogP contribution in [-0.4, -0.2) is 60.4 Å². The maximum Gasteiger partial charge on any atom is 0.534 e. The Bertz CT molecular complexity index is 1630. The molecule has 0 aliphatic carbocycles. The predicted molar refractivity (Wildman–Crippen MR) is 151 cm³/mol. The van der Waals surface area contributed by atoms with E-state index in [0.717, 1.165) is 16.7 Å². The van der Waals surface area contributed by atoms with Crippen LogP contribution in [0, 0.1) is 0 Å². The third-order valence-corrected chi connectivity index (χ3v) is 8.72. The van der Waals surface area contributed by atoms with E-state index < -0.39 is 74.7 Å². The van der Waals surface area contributed by atoms with Crippen molar-refractivity contribution in [2.45, 2.75) is 23.0 Å². The lowest BCUT2D eigenvalue weighted by Crippen LogP contribution is -2.71. The number of fused-ring (bicyclic) bond motifs is 1. The maximum atomic E-state index is 13.7. The molecule has 2 heterocycles. The summed E-state index contributed by atoms with van der Waals surface area (Å²) in [5.74, 6) is -3.94. The summed E-state index contributed by atoms with van der Waals surface area (Å²) in [7, 11) is -6.20. The SMILES string of the molecule is O=C(COc1ccccc1)NC1C(=O)N2C(C(=O)OC(c3ccccc3)c3ccccc3)=C(OS(=O)(=O)C(F)(F)F)CSC12. The van der Waals surface area contributed by atoms with Crippen molar-refractivity contribution < 1.29 is 49.6 Å². The number of benzene rings is 3. The van der Waals surface area contributed by atoms with Gasteiger partial charge in [-0.25, -0.2) is 4.79 Å². The van der Waals surface area contributed by atoms with Crippen LogP contribution >= 0.6 is 11.8 Å². The van der Waals surface area contributed by atoms with Gasteiger partial charge >= 0.3 is 21.6 Å². The molecular weight excluding hydrogens is 625 g/mol. The van der Waals surface area contributed by atoms with Gasteiger partial charge in [0.15, 0.2) is 24.2 Å². The van der Waals surface area contributed by atoms with E-state index in [9.17, 15) is 36.0 Å². The van der Waals surface area contributed by atoms with Gasteiger partial charge in [-0.15, -0.1) is 11.8 Å². The Hall–Kier alpha value is -4.50. The van der Waals surface area contributed by atoms with Crippen LogP contribution in [-0.2, 0) is 33.4 Å². The van der Waals surface area contributed by atoms with Crippen LogP contribution in [0.2, 0.25) is 0 Å². The Labute approximate surface area is 253 Å². The largest absolute Gasteiger partial charge is 0.534 e. The zero-order valence-electron chi connectivity index (χ0n) is 22.5. The van der Waals surface area contributed by atoms with Crippen molar-refractivity contribution >= 4 is 39.7 Å². The Morgan fingerprint density at radius 2 is 1.48 bits per heavy atom. The quantitative estimate of drug-likeness (QED) is 0.151. The van der Waals surface area contributed by atoms with Crippen molar-refractivity contribution in [3.8, 4) is 5.75 Å². The third kappa shape index (κ3) is 6.53. The second-order valence-electron chi connectivity index (χ2n) is 9.42. The van der Waals surface area contributed by atoms with Crippen molar-refractivity contribution in [1.29, 1.82) is 0 Å². The fourth-order valence-corrected chi connectivity index (χ4v) is 6.28. The summed E-state index contributed by atoms with van der Waals surface area (Å²) in [6.45, 7) is -0.441. The number of rotatable bonds is 10. The second-order valence-corrected chi connectivity index (χ2v) is 12.1. The van der Waals surface area contributed by atoms with Gasteiger partial charge in [0.05, 0.1) is 5.75 Å². The number of hydrogen-bond donors (Lipinski definition) is 1. The minimum atomic E-state index is -6.20. The van der Waals surface area contributed by atoms with E-state index in [0.29, 0.717) is 16.9 Å². The first kappa shape index (κ1) is 30.9. The van der Waals surface area contributed by atoms with Crippen LogP contribution in [0.1, 0.15) is 17.2 Å². The number of carbonyl (C=O) groups is 3. The molecule has 15 heteroatoms. The number of carbonyl (C=O) groups excluding carboxylic acids is 3. The minimum Gasteiger partial charge on any atom is -0.484 e. The van der Waals surface area contributed by atoms with Crippen LogP contribution in [0.15, 0.2) is 102 Å². The van der Waals surface area contributed by atoms with Gasteiger partial charge in [-0.1, -0.05) is 78.9 Å². The molecule has 3 aromatic carbocycles. The fraction of sp³-hybridized carbons (Fsp3) is 0.207.